The zero-order valence-electron chi connectivity index (χ0n) is 11.2. The molecular formula is C14H15ClN2O2S. The SMILES string of the molecule is Cc1cc(C)c(S(=O)(=O)NCc2ccncc2)cc1Cl. The van der Waals surface area contributed by atoms with Crippen LogP contribution in [-0.2, 0) is 16.6 Å². The van der Waals surface area contributed by atoms with E-state index in [9.17, 15) is 8.42 Å². The van der Waals surface area contributed by atoms with E-state index in [4.69, 9.17) is 11.6 Å². The van der Waals surface area contributed by atoms with Crippen molar-refractivity contribution in [3.05, 3.63) is 58.4 Å². The molecule has 0 aliphatic rings. The number of hydrogen-bond donors (Lipinski definition) is 1. The van der Waals surface area contributed by atoms with Crippen LogP contribution in [0.4, 0.5) is 0 Å². The van der Waals surface area contributed by atoms with Gasteiger partial charge in [-0.3, -0.25) is 4.98 Å². The standard InChI is InChI=1S/C14H15ClN2O2S/c1-10-7-11(2)14(8-13(10)15)20(18,19)17-9-12-3-5-16-6-4-12/h3-8,17H,9H2,1-2H3. The number of sulfonamides is 1. The number of benzene rings is 1. The minimum Gasteiger partial charge on any atom is -0.265 e. The third-order valence-electron chi connectivity index (χ3n) is 2.96. The first-order valence-corrected chi connectivity index (χ1v) is 7.91. The lowest BCUT2D eigenvalue weighted by Gasteiger charge is -2.11. The van der Waals surface area contributed by atoms with E-state index in [1.54, 1.807) is 37.5 Å². The summed E-state index contributed by atoms with van der Waals surface area (Å²) in [5, 5.41) is 0.444. The van der Waals surface area contributed by atoms with Gasteiger partial charge in [0, 0.05) is 24.0 Å². The molecule has 0 amide bonds. The smallest absolute Gasteiger partial charge is 0.241 e. The summed E-state index contributed by atoms with van der Waals surface area (Å²) in [6, 6.07) is 6.78. The van der Waals surface area contributed by atoms with E-state index >= 15 is 0 Å². The fraction of sp³-hybridized carbons (Fsp3) is 0.214. The number of hydrogen-bond acceptors (Lipinski definition) is 3. The lowest BCUT2D eigenvalue weighted by molar-refractivity contribution is 0.580. The fourth-order valence-corrected chi connectivity index (χ4v) is 3.35. The Labute approximate surface area is 123 Å². The molecule has 0 aliphatic heterocycles. The first kappa shape index (κ1) is 15.0. The highest BCUT2D eigenvalue weighted by Crippen LogP contribution is 2.24. The minimum atomic E-state index is -3.58. The number of aryl methyl sites for hydroxylation is 2. The van der Waals surface area contributed by atoms with Crippen LogP contribution in [0.2, 0.25) is 5.02 Å². The predicted molar refractivity (Wildman–Crippen MR) is 79.2 cm³/mol. The Bertz CT molecular complexity index is 715. The molecule has 1 aromatic carbocycles. The lowest BCUT2D eigenvalue weighted by Crippen LogP contribution is -2.24. The van der Waals surface area contributed by atoms with Crippen molar-refractivity contribution < 1.29 is 8.42 Å². The molecule has 0 saturated carbocycles. The summed E-state index contributed by atoms with van der Waals surface area (Å²) in [5.41, 5.74) is 2.38. The van der Waals surface area contributed by atoms with Crippen LogP contribution in [0.1, 0.15) is 16.7 Å². The molecule has 0 unspecified atom stereocenters. The van der Waals surface area contributed by atoms with Crippen molar-refractivity contribution in [3.63, 3.8) is 0 Å². The molecule has 0 bridgehead atoms. The highest BCUT2D eigenvalue weighted by molar-refractivity contribution is 7.89. The quantitative estimate of drug-likeness (QED) is 0.944. The van der Waals surface area contributed by atoms with E-state index < -0.39 is 10.0 Å². The molecule has 0 atom stereocenters. The van der Waals surface area contributed by atoms with Crippen LogP contribution in [-0.4, -0.2) is 13.4 Å². The molecular weight excluding hydrogens is 296 g/mol. The second-order valence-electron chi connectivity index (χ2n) is 4.55. The van der Waals surface area contributed by atoms with E-state index in [-0.39, 0.29) is 11.4 Å². The first-order chi connectivity index (χ1) is 9.40. The van der Waals surface area contributed by atoms with Crippen molar-refractivity contribution in [3.8, 4) is 0 Å². The van der Waals surface area contributed by atoms with Gasteiger partial charge in [-0.25, -0.2) is 13.1 Å². The highest BCUT2D eigenvalue weighted by atomic mass is 35.5. The molecule has 0 fully saturated rings. The molecule has 0 aliphatic carbocycles. The molecule has 2 rings (SSSR count). The van der Waals surface area contributed by atoms with Gasteiger partial charge in [0.15, 0.2) is 0 Å². The molecule has 0 radical (unpaired) electrons. The Kier molecular flexibility index (Phi) is 4.42. The molecule has 106 valence electrons. The molecule has 1 heterocycles. The Balaban J connectivity index is 2.25. The van der Waals surface area contributed by atoms with Gasteiger partial charge in [-0.1, -0.05) is 17.7 Å². The summed E-state index contributed by atoms with van der Waals surface area (Å²) in [6.45, 7) is 3.82. The lowest BCUT2D eigenvalue weighted by atomic mass is 10.2. The van der Waals surface area contributed by atoms with E-state index in [0.29, 0.717) is 10.6 Å². The van der Waals surface area contributed by atoms with E-state index in [0.717, 1.165) is 11.1 Å². The van der Waals surface area contributed by atoms with Gasteiger partial charge in [0.25, 0.3) is 0 Å². The zero-order valence-corrected chi connectivity index (χ0v) is 12.8. The second-order valence-corrected chi connectivity index (χ2v) is 6.69. The molecule has 4 nitrogen and oxygen atoms in total. The third kappa shape index (κ3) is 3.36. The first-order valence-electron chi connectivity index (χ1n) is 6.05. The van der Waals surface area contributed by atoms with Gasteiger partial charge in [-0.05, 0) is 48.7 Å². The molecule has 1 aromatic heterocycles. The van der Waals surface area contributed by atoms with E-state index in [2.05, 4.69) is 9.71 Å². The van der Waals surface area contributed by atoms with Crippen LogP contribution in [0.25, 0.3) is 0 Å². The largest absolute Gasteiger partial charge is 0.265 e. The van der Waals surface area contributed by atoms with Crippen LogP contribution < -0.4 is 4.72 Å². The molecule has 1 N–H and O–H groups in total. The van der Waals surface area contributed by atoms with Crippen molar-refractivity contribution in [2.24, 2.45) is 0 Å². The van der Waals surface area contributed by atoms with Gasteiger partial charge in [-0.2, -0.15) is 0 Å². The van der Waals surface area contributed by atoms with Crippen LogP contribution in [0.5, 0.6) is 0 Å². The van der Waals surface area contributed by atoms with Crippen LogP contribution in [0.15, 0.2) is 41.6 Å². The molecule has 20 heavy (non-hydrogen) atoms. The summed E-state index contributed by atoms with van der Waals surface area (Å²) in [5.74, 6) is 0. The maximum absolute atomic E-state index is 12.3. The summed E-state index contributed by atoms with van der Waals surface area (Å²) in [7, 11) is -3.58. The summed E-state index contributed by atoms with van der Waals surface area (Å²) < 4.78 is 27.2. The van der Waals surface area contributed by atoms with Gasteiger partial charge < -0.3 is 0 Å². The highest BCUT2D eigenvalue weighted by Gasteiger charge is 2.17. The number of nitrogens with one attached hydrogen (secondary N) is 1. The molecule has 0 saturated heterocycles. The number of pyridine rings is 1. The number of halogens is 1. The topological polar surface area (TPSA) is 59.1 Å². The minimum absolute atomic E-state index is 0.210. The average molecular weight is 311 g/mol. The zero-order chi connectivity index (χ0) is 14.8. The Morgan fingerprint density at radius 2 is 1.80 bits per heavy atom. The van der Waals surface area contributed by atoms with Gasteiger partial charge in [-0.15, -0.1) is 0 Å². The maximum Gasteiger partial charge on any atom is 0.241 e. The number of aromatic nitrogens is 1. The molecule has 0 spiro atoms. The van der Waals surface area contributed by atoms with Gasteiger partial charge >= 0.3 is 0 Å². The molecule has 6 heteroatoms. The number of rotatable bonds is 4. The maximum atomic E-state index is 12.3. The van der Waals surface area contributed by atoms with Gasteiger partial charge in [0.1, 0.15) is 0 Å². The Morgan fingerprint density at radius 3 is 2.45 bits per heavy atom. The van der Waals surface area contributed by atoms with E-state index in [1.165, 1.54) is 6.07 Å². The Morgan fingerprint density at radius 1 is 1.15 bits per heavy atom. The van der Waals surface area contributed by atoms with Gasteiger partial charge in [0.05, 0.1) is 4.90 Å². The third-order valence-corrected chi connectivity index (χ3v) is 4.91. The fourth-order valence-electron chi connectivity index (χ4n) is 1.85. The molecule has 2 aromatic rings. The van der Waals surface area contributed by atoms with Crippen molar-refractivity contribution in [1.82, 2.24) is 9.71 Å². The van der Waals surface area contributed by atoms with Gasteiger partial charge in [0.2, 0.25) is 10.0 Å². The van der Waals surface area contributed by atoms with Crippen molar-refractivity contribution in [1.29, 1.82) is 0 Å². The summed E-state index contributed by atoms with van der Waals surface area (Å²) >= 11 is 6.01. The van der Waals surface area contributed by atoms with Crippen LogP contribution in [0.3, 0.4) is 0 Å². The normalized spacial score (nSPS) is 11.6. The summed E-state index contributed by atoms with van der Waals surface area (Å²) in [4.78, 5) is 4.10. The summed E-state index contributed by atoms with van der Waals surface area (Å²) in [6.07, 6.45) is 3.25. The monoisotopic (exact) mass is 310 g/mol. The van der Waals surface area contributed by atoms with Crippen molar-refractivity contribution in [2.75, 3.05) is 0 Å². The second kappa shape index (κ2) is 5.91. The van der Waals surface area contributed by atoms with Crippen molar-refractivity contribution in [2.45, 2.75) is 25.3 Å². The van der Waals surface area contributed by atoms with Crippen LogP contribution >= 0.6 is 11.6 Å². The average Bonchev–Trinajstić information content (AvgIpc) is 2.42. The predicted octanol–water partition coefficient (Wildman–Crippen LogP) is 2.83. The number of nitrogens with zero attached hydrogens (tertiary/aromatic N) is 1. The van der Waals surface area contributed by atoms with Crippen molar-refractivity contribution >= 4 is 21.6 Å². The van der Waals surface area contributed by atoms with E-state index in [1.807, 2.05) is 6.92 Å². The van der Waals surface area contributed by atoms with Crippen LogP contribution in [0, 0.1) is 13.8 Å². The Hall–Kier alpha value is -1.43.